The molecule has 90 valence electrons. The zero-order valence-electron chi connectivity index (χ0n) is 9.92. The molecule has 0 aliphatic carbocycles. The monoisotopic (exact) mass is 249 g/mol. The minimum absolute atomic E-state index is 0.00870. The number of hydrogen-bond acceptors (Lipinski definition) is 4. The second-order valence-electron chi connectivity index (χ2n) is 3.99. The van der Waals surface area contributed by atoms with Gasteiger partial charge in [0.15, 0.2) is 0 Å². The van der Waals surface area contributed by atoms with E-state index in [4.69, 9.17) is 4.74 Å². The second kappa shape index (κ2) is 4.92. The molecular weight excluding hydrogens is 234 g/mol. The highest BCUT2D eigenvalue weighted by Gasteiger charge is 2.41. The molecule has 0 bridgehead atoms. The lowest BCUT2D eigenvalue weighted by Crippen LogP contribution is -2.33. The van der Waals surface area contributed by atoms with Crippen LogP contribution >= 0.6 is 11.8 Å². The topological polar surface area (TPSA) is 38.7 Å². The van der Waals surface area contributed by atoms with Gasteiger partial charge in [-0.2, -0.15) is 0 Å². The van der Waals surface area contributed by atoms with E-state index < -0.39 is 4.75 Å². The molecule has 0 aromatic heterocycles. The summed E-state index contributed by atoms with van der Waals surface area (Å²) in [5.74, 6) is -0.216. The van der Waals surface area contributed by atoms with Crippen molar-refractivity contribution in [2.45, 2.75) is 24.0 Å². The summed E-state index contributed by atoms with van der Waals surface area (Å²) in [5, 5.41) is -0.00870. The Morgan fingerprint density at radius 1 is 1.47 bits per heavy atom. The maximum atomic E-state index is 11.8. The molecule has 1 aliphatic heterocycles. The average molecular weight is 249 g/mol. The Morgan fingerprint density at radius 3 is 2.82 bits per heavy atom. The Morgan fingerprint density at radius 2 is 2.18 bits per heavy atom. The van der Waals surface area contributed by atoms with Gasteiger partial charge in [0, 0.05) is 6.21 Å². The van der Waals surface area contributed by atoms with E-state index >= 15 is 0 Å². The molecule has 0 radical (unpaired) electrons. The third-order valence-electron chi connectivity index (χ3n) is 2.58. The Hall–Kier alpha value is -1.29. The van der Waals surface area contributed by atoms with E-state index in [1.165, 1.54) is 11.8 Å². The van der Waals surface area contributed by atoms with Crippen molar-refractivity contribution in [1.82, 2.24) is 0 Å². The van der Waals surface area contributed by atoms with E-state index in [1.807, 2.05) is 44.2 Å². The van der Waals surface area contributed by atoms with Crippen molar-refractivity contribution < 1.29 is 9.53 Å². The van der Waals surface area contributed by atoms with Gasteiger partial charge in [0.2, 0.25) is 0 Å². The highest BCUT2D eigenvalue weighted by Crippen LogP contribution is 2.44. The quantitative estimate of drug-likeness (QED) is 0.773. The van der Waals surface area contributed by atoms with Gasteiger partial charge in [-0.1, -0.05) is 30.3 Å². The molecule has 0 fully saturated rings. The molecule has 3 nitrogen and oxygen atoms in total. The molecule has 1 aromatic rings. The molecular formula is C13H15NO2S. The first-order valence-corrected chi connectivity index (χ1v) is 6.48. The van der Waals surface area contributed by atoms with E-state index in [2.05, 4.69) is 4.99 Å². The van der Waals surface area contributed by atoms with Crippen LogP contribution in [-0.2, 0) is 9.53 Å². The molecule has 2 rings (SSSR count). The molecule has 0 amide bonds. The third kappa shape index (κ3) is 2.52. The van der Waals surface area contributed by atoms with Crippen molar-refractivity contribution in [3.8, 4) is 0 Å². The lowest BCUT2D eigenvalue weighted by Gasteiger charge is -2.19. The number of benzene rings is 1. The summed E-state index contributed by atoms with van der Waals surface area (Å²) in [7, 11) is 0. The van der Waals surface area contributed by atoms with Crippen LogP contribution in [0.4, 0.5) is 0 Å². The first-order valence-electron chi connectivity index (χ1n) is 5.60. The molecule has 2 unspecified atom stereocenters. The van der Waals surface area contributed by atoms with Crippen LogP contribution in [0.15, 0.2) is 35.3 Å². The van der Waals surface area contributed by atoms with Crippen LogP contribution in [0.1, 0.15) is 24.8 Å². The van der Waals surface area contributed by atoms with E-state index in [1.54, 1.807) is 6.21 Å². The van der Waals surface area contributed by atoms with Crippen molar-refractivity contribution in [3.63, 3.8) is 0 Å². The van der Waals surface area contributed by atoms with Crippen LogP contribution in [0.2, 0.25) is 0 Å². The van der Waals surface area contributed by atoms with Crippen LogP contribution in [-0.4, -0.2) is 23.5 Å². The smallest absolute Gasteiger partial charge is 0.327 e. The van der Waals surface area contributed by atoms with Crippen molar-refractivity contribution in [2.75, 3.05) is 6.61 Å². The molecule has 1 heterocycles. The van der Waals surface area contributed by atoms with Crippen molar-refractivity contribution in [3.05, 3.63) is 35.9 Å². The van der Waals surface area contributed by atoms with Gasteiger partial charge in [0.1, 0.15) is 10.1 Å². The van der Waals surface area contributed by atoms with Crippen molar-refractivity contribution >= 4 is 23.9 Å². The normalized spacial score (nSPS) is 27.1. The van der Waals surface area contributed by atoms with Crippen LogP contribution in [0.5, 0.6) is 0 Å². The second-order valence-corrected chi connectivity index (χ2v) is 5.52. The molecule has 1 aliphatic rings. The molecule has 0 saturated heterocycles. The van der Waals surface area contributed by atoms with E-state index in [0.717, 1.165) is 5.56 Å². The largest absolute Gasteiger partial charge is 0.465 e. The van der Waals surface area contributed by atoms with Gasteiger partial charge in [-0.3, -0.25) is 9.79 Å². The van der Waals surface area contributed by atoms with Gasteiger partial charge < -0.3 is 4.74 Å². The summed E-state index contributed by atoms with van der Waals surface area (Å²) in [5.41, 5.74) is 1.11. The predicted molar refractivity (Wildman–Crippen MR) is 70.3 cm³/mol. The first-order chi connectivity index (χ1) is 8.15. The van der Waals surface area contributed by atoms with Crippen LogP contribution in [0, 0.1) is 0 Å². The Labute approximate surface area is 105 Å². The van der Waals surface area contributed by atoms with E-state index in [0.29, 0.717) is 6.61 Å². The zero-order chi connectivity index (χ0) is 12.3. The fraction of sp³-hybridized carbons (Fsp3) is 0.385. The summed E-state index contributed by atoms with van der Waals surface area (Å²) < 4.78 is 4.41. The van der Waals surface area contributed by atoms with E-state index in [9.17, 15) is 4.79 Å². The van der Waals surface area contributed by atoms with Gasteiger partial charge in [-0.25, -0.2) is 0 Å². The van der Waals surface area contributed by atoms with Gasteiger partial charge >= 0.3 is 5.97 Å². The number of carbonyl (C=O) groups excluding carboxylic acids is 1. The Balaban J connectivity index is 2.11. The standard InChI is InChI=1S/C13H15NO2S/c1-3-16-12(15)13(2)9-14-11(17-13)10-7-5-4-6-8-10/h4-9,11H,3H2,1-2H3. The molecule has 4 heteroatoms. The fourth-order valence-electron chi connectivity index (χ4n) is 1.65. The number of hydrogen-bond donors (Lipinski definition) is 0. The summed E-state index contributed by atoms with van der Waals surface area (Å²) in [6, 6.07) is 9.96. The molecule has 2 atom stereocenters. The minimum atomic E-state index is -0.656. The number of ether oxygens (including phenoxy) is 1. The first kappa shape index (κ1) is 12.2. The maximum absolute atomic E-state index is 11.8. The van der Waals surface area contributed by atoms with Crippen LogP contribution in [0.25, 0.3) is 0 Å². The molecule has 0 spiro atoms. The number of aliphatic imine (C=N–C) groups is 1. The van der Waals surface area contributed by atoms with E-state index in [-0.39, 0.29) is 11.3 Å². The van der Waals surface area contributed by atoms with Crippen molar-refractivity contribution in [1.29, 1.82) is 0 Å². The number of thioether (sulfide) groups is 1. The summed E-state index contributed by atoms with van der Waals surface area (Å²) in [6.07, 6.45) is 1.70. The SMILES string of the molecule is CCOC(=O)C1(C)C=NC(c2ccccc2)S1. The third-order valence-corrected chi connectivity index (χ3v) is 3.96. The van der Waals surface area contributed by atoms with Crippen LogP contribution in [0.3, 0.4) is 0 Å². The van der Waals surface area contributed by atoms with Gasteiger partial charge in [-0.05, 0) is 19.4 Å². The fourth-order valence-corrected chi connectivity index (χ4v) is 2.81. The molecule has 0 saturated carbocycles. The zero-order valence-corrected chi connectivity index (χ0v) is 10.7. The average Bonchev–Trinajstić information content (AvgIpc) is 2.75. The number of rotatable bonds is 3. The predicted octanol–water partition coefficient (Wildman–Crippen LogP) is 2.82. The lowest BCUT2D eigenvalue weighted by atomic mass is 10.2. The highest BCUT2D eigenvalue weighted by molar-refractivity contribution is 8.02. The summed E-state index contributed by atoms with van der Waals surface area (Å²) in [4.78, 5) is 16.2. The Kier molecular flexibility index (Phi) is 3.52. The number of carbonyl (C=O) groups is 1. The van der Waals surface area contributed by atoms with Crippen molar-refractivity contribution in [2.24, 2.45) is 4.99 Å². The molecule has 17 heavy (non-hydrogen) atoms. The van der Waals surface area contributed by atoms with Gasteiger partial charge in [-0.15, -0.1) is 11.8 Å². The summed E-state index contributed by atoms with van der Waals surface area (Å²) in [6.45, 7) is 4.06. The number of nitrogens with zero attached hydrogens (tertiary/aromatic N) is 1. The number of esters is 1. The van der Waals surface area contributed by atoms with Gasteiger partial charge in [0.05, 0.1) is 6.61 Å². The highest BCUT2D eigenvalue weighted by atomic mass is 32.2. The van der Waals surface area contributed by atoms with Gasteiger partial charge in [0.25, 0.3) is 0 Å². The Bertz CT molecular complexity index is 432. The minimum Gasteiger partial charge on any atom is -0.465 e. The lowest BCUT2D eigenvalue weighted by molar-refractivity contribution is -0.143. The maximum Gasteiger partial charge on any atom is 0.327 e. The summed E-state index contributed by atoms with van der Waals surface area (Å²) >= 11 is 1.52. The molecule has 0 N–H and O–H groups in total. The van der Waals surface area contributed by atoms with Crippen LogP contribution < -0.4 is 0 Å². The molecule has 1 aromatic carbocycles.